The second kappa shape index (κ2) is 17.1. The minimum absolute atomic E-state index is 0.0420. The number of carbonyl (C=O) groups excluding carboxylic acids is 4. The number of ether oxygens (including phenoxy) is 4. The van der Waals surface area contributed by atoms with Crippen LogP contribution >= 0.6 is 23.2 Å². The van der Waals surface area contributed by atoms with Crippen molar-refractivity contribution in [2.24, 2.45) is 0 Å². The highest BCUT2D eigenvalue weighted by atomic mass is 35.5. The lowest BCUT2D eigenvalue weighted by Gasteiger charge is -2.22. The molecule has 0 heterocycles. The second-order valence-electron chi connectivity index (χ2n) is 10.3. The molecule has 0 saturated heterocycles. The number of methoxy groups -OCH3 is 4. The summed E-state index contributed by atoms with van der Waals surface area (Å²) in [5, 5.41) is 1.74. The van der Waals surface area contributed by atoms with E-state index in [2.05, 4.69) is 14.8 Å². The highest BCUT2D eigenvalue weighted by molar-refractivity contribution is 6.34. The number of rotatable bonds is 8. The van der Waals surface area contributed by atoms with Crippen LogP contribution in [0, 0.1) is 23.3 Å². The quantitative estimate of drug-likeness (QED) is 0.142. The van der Waals surface area contributed by atoms with Crippen molar-refractivity contribution in [2.75, 3.05) is 45.7 Å². The number of nitrogens with one attached hydrogen (secondary N) is 1. The Balaban J connectivity index is 0.000000276. The van der Waals surface area contributed by atoms with Gasteiger partial charge in [-0.2, -0.15) is 0 Å². The lowest BCUT2D eigenvalue weighted by Crippen LogP contribution is -2.27. The molecule has 16 heteroatoms. The van der Waals surface area contributed by atoms with E-state index < -0.39 is 52.7 Å². The van der Waals surface area contributed by atoms with Crippen LogP contribution in [0.4, 0.5) is 28.9 Å². The zero-order valence-corrected chi connectivity index (χ0v) is 29.6. The van der Waals surface area contributed by atoms with Crippen molar-refractivity contribution in [1.29, 1.82) is 0 Å². The van der Waals surface area contributed by atoms with Crippen molar-refractivity contribution < 1.29 is 55.7 Å². The Bertz CT molecular complexity index is 2030. The van der Waals surface area contributed by atoms with E-state index in [1.165, 1.54) is 52.5 Å². The van der Waals surface area contributed by atoms with E-state index in [1.807, 2.05) is 0 Å². The van der Waals surface area contributed by atoms with Crippen molar-refractivity contribution in [3.8, 4) is 33.8 Å². The third-order valence-corrected chi connectivity index (χ3v) is 7.82. The summed E-state index contributed by atoms with van der Waals surface area (Å²) >= 11 is 12.3. The van der Waals surface area contributed by atoms with E-state index in [0.717, 1.165) is 50.3 Å². The van der Waals surface area contributed by atoms with Crippen molar-refractivity contribution >= 4 is 58.3 Å². The molecule has 0 aliphatic rings. The average molecular weight is 754 g/mol. The van der Waals surface area contributed by atoms with Gasteiger partial charge in [-0.1, -0.05) is 35.3 Å². The van der Waals surface area contributed by atoms with Gasteiger partial charge in [-0.05, 0) is 36.4 Å². The predicted molar refractivity (Wildman–Crippen MR) is 183 cm³/mol. The molecule has 0 fully saturated rings. The molecule has 0 spiro atoms. The van der Waals surface area contributed by atoms with Crippen molar-refractivity contribution in [3.63, 3.8) is 0 Å². The maximum Gasteiger partial charge on any atom is 0.340 e. The van der Waals surface area contributed by atoms with Crippen LogP contribution < -0.4 is 19.7 Å². The molecule has 51 heavy (non-hydrogen) atoms. The number of carbonyl (C=O) groups is 4. The van der Waals surface area contributed by atoms with Gasteiger partial charge in [0.15, 0.2) is 11.6 Å². The van der Waals surface area contributed by atoms with Gasteiger partial charge in [-0.25, -0.2) is 27.2 Å². The number of amides is 2. The fourth-order valence-electron chi connectivity index (χ4n) is 4.84. The van der Waals surface area contributed by atoms with Crippen LogP contribution in [0.25, 0.3) is 22.3 Å². The van der Waals surface area contributed by atoms with E-state index in [0.29, 0.717) is 0 Å². The molecule has 0 bridgehead atoms. The van der Waals surface area contributed by atoms with E-state index in [1.54, 1.807) is 0 Å². The molecule has 270 valence electrons. The first-order valence-electron chi connectivity index (χ1n) is 14.4. The number of benzene rings is 4. The molecule has 0 atom stereocenters. The molecule has 0 aromatic heterocycles. The maximum atomic E-state index is 15.4. The minimum atomic E-state index is -1.08. The first-order valence-corrected chi connectivity index (χ1v) is 15.2. The number of halogens is 6. The third-order valence-electron chi connectivity index (χ3n) is 7.22. The molecule has 0 unspecified atom stereocenters. The van der Waals surface area contributed by atoms with Crippen LogP contribution in [-0.4, -0.2) is 59.2 Å². The van der Waals surface area contributed by atoms with Gasteiger partial charge in [0, 0.05) is 32.0 Å². The predicted octanol–water partition coefficient (Wildman–Crippen LogP) is 8.10. The van der Waals surface area contributed by atoms with Crippen LogP contribution in [0.5, 0.6) is 11.5 Å². The fourth-order valence-corrected chi connectivity index (χ4v) is 5.41. The van der Waals surface area contributed by atoms with Crippen LogP contribution in [0.15, 0.2) is 48.5 Å². The lowest BCUT2D eigenvalue weighted by atomic mass is 9.99. The zero-order chi connectivity index (χ0) is 38.3. The van der Waals surface area contributed by atoms with Crippen molar-refractivity contribution in [3.05, 3.63) is 93.0 Å². The number of esters is 2. The average Bonchev–Trinajstić information content (AvgIpc) is 3.09. The Morgan fingerprint density at radius 3 is 1.51 bits per heavy atom. The molecule has 4 aromatic rings. The van der Waals surface area contributed by atoms with Gasteiger partial charge in [-0.3, -0.25) is 9.59 Å². The Labute approximate surface area is 299 Å². The molecule has 0 aliphatic carbocycles. The van der Waals surface area contributed by atoms with Gasteiger partial charge >= 0.3 is 11.9 Å². The molecule has 4 rings (SSSR count). The first-order chi connectivity index (χ1) is 24.0. The molecular weight excluding hydrogens is 723 g/mol. The SMILES string of the molecule is COC(=O)c1cc(Cl)c(-c2c(F)cccc2OC)c(F)c1N(C)C(C)=O.COC(=O)c1cc(Cl)c(-c2c(F)cccc2OC)c(F)c1NC(C)=O. The number of hydrogen-bond donors (Lipinski definition) is 1. The van der Waals surface area contributed by atoms with Crippen molar-refractivity contribution in [2.45, 2.75) is 13.8 Å². The molecule has 4 aromatic carbocycles. The first kappa shape index (κ1) is 40.1. The molecule has 10 nitrogen and oxygen atoms in total. The highest BCUT2D eigenvalue weighted by Gasteiger charge is 2.30. The monoisotopic (exact) mass is 752 g/mol. The summed E-state index contributed by atoms with van der Waals surface area (Å²) in [5.41, 5.74) is -2.47. The van der Waals surface area contributed by atoms with E-state index in [9.17, 15) is 28.0 Å². The largest absolute Gasteiger partial charge is 0.496 e. The fraction of sp³-hybridized carbons (Fsp3) is 0.200. The van der Waals surface area contributed by atoms with Gasteiger partial charge < -0.3 is 29.2 Å². The normalized spacial score (nSPS) is 10.4. The zero-order valence-electron chi connectivity index (χ0n) is 28.1. The van der Waals surface area contributed by atoms with E-state index >= 15 is 8.78 Å². The second-order valence-corrected chi connectivity index (χ2v) is 11.1. The molecule has 0 radical (unpaired) electrons. The van der Waals surface area contributed by atoms with Gasteiger partial charge in [-0.15, -0.1) is 0 Å². The van der Waals surface area contributed by atoms with Crippen LogP contribution in [0.3, 0.4) is 0 Å². The number of nitrogens with zero attached hydrogens (tertiary/aromatic N) is 1. The summed E-state index contributed by atoms with van der Waals surface area (Å²) in [6, 6.07) is 10.1. The summed E-state index contributed by atoms with van der Waals surface area (Å²) in [6.45, 7) is 2.33. The van der Waals surface area contributed by atoms with Gasteiger partial charge in [0.1, 0.15) is 23.1 Å². The molecule has 0 aliphatic heterocycles. The number of hydrogen-bond acceptors (Lipinski definition) is 8. The topological polar surface area (TPSA) is 120 Å². The van der Waals surface area contributed by atoms with Gasteiger partial charge in [0.2, 0.25) is 11.8 Å². The summed E-state index contributed by atoms with van der Waals surface area (Å²) < 4.78 is 78.6. The Morgan fingerprint density at radius 2 is 1.10 bits per heavy atom. The summed E-state index contributed by atoms with van der Waals surface area (Å²) in [5.74, 6) is -6.54. The molecule has 0 saturated carbocycles. The summed E-state index contributed by atoms with van der Waals surface area (Å²) in [4.78, 5) is 48.0. The molecule has 2 amide bonds. The Kier molecular flexibility index (Phi) is 13.4. The lowest BCUT2D eigenvalue weighted by molar-refractivity contribution is -0.116. The Morgan fingerprint density at radius 1 is 0.667 bits per heavy atom. The van der Waals surface area contributed by atoms with E-state index in [4.69, 9.17) is 32.7 Å². The minimum Gasteiger partial charge on any atom is -0.496 e. The van der Waals surface area contributed by atoms with Crippen LogP contribution in [0.1, 0.15) is 34.6 Å². The van der Waals surface area contributed by atoms with Crippen molar-refractivity contribution in [1.82, 2.24) is 0 Å². The Hall–Kier alpha value is -5.34. The van der Waals surface area contributed by atoms with Crippen LogP contribution in [-0.2, 0) is 19.1 Å². The van der Waals surface area contributed by atoms with Crippen LogP contribution in [0.2, 0.25) is 10.0 Å². The highest BCUT2D eigenvalue weighted by Crippen LogP contribution is 2.44. The van der Waals surface area contributed by atoms with E-state index in [-0.39, 0.29) is 60.6 Å². The summed E-state index contributed by atoms with van der Waals surface area (Å²) in [7, 11) is 6.08. The number of anilines is 2. The standard InChI is InChI=1S/C18H16ClF2NO4.C17H14ClF2NO4/c1-9(23)22(2)17-10(18(24)26-4)8-11(19)14(16(17)21)15-12(20)6-5-7-13(15)25-3;1-8(22)21-16-9(17(23)25-3)7-10(18)13(15(16)20)14-11(19)5-4-6-12(14)24-2/h5-8H,1-4H3;4-7H,1-3H3,(H,21,22). The molecule has 1 N–H and O–H groups in total. The summed E-state index contributed by atoms with van der Waals surface area (Å²) in [6.07, 6.45) is 0. The smallest absolute Gasteiger partial charge is 0.340 e. The van der Waals surface area contributed by atoms with Gasteiger partial charge in [0.25, 0.3) is 0 Å². The van der Waals surface area contributed by atoms with Gasteiger partial charge in [0.05, 0.1) is 72.1 Å². The molecular formula is C35H30Cl2F4N2O8. The maximum absolute atomic E-state index is 15.4. The third kappa shape index (κ3) is 8.35.